The maximum Gasteiger partial charge on any atom is 0.314 e. The van der Waals surface area contributed by atoms with Gasteiger partial charge < -0.3 is 10.2 Å². The highest BCUT2D eigenvalue weighted by Crippen LogP contribution is 2.18. The largest absolute Gasteiger partial charge is 0.481 e. The van der Waals surface area contributed by atoms with Crippen LogP contribution < -0.4 is 0 Å². The fourth-order valence-electron chi connectivity index (χ4n) is 4.42. The van der Waals surface area contributed by atoms with Crippen LogP contribution in [0.2, 0.25) is 0 Å². The molecule has 0 rings (SSSR count). The number of aliphatic hydroxyl groups excluding tert-OH is 1. The molecule has 0 aromatic carbocycles. The Morgan fingerprint density at radius 1 is 0.531 bits per heavy atom. The number of hydrogen-bond acceptors (Lipinski definition) is 3. The fraction of sp³-hybridized carbons (Fsp3) is 0.929. The van der Waals surface area contributed by atoms with Crippen molar-refractivity contribution in [2.75, 3.05) is 0 Å². The minimum absolute atomic E-state index is 0.361. The summed E-state index contributed by atoms with van der Waals surface area (Å²) in [5, 5.41) is 19.7. The van der Waals surface area contributed by atoms with E-state index in [1.165, 1.54) is 89.9 Å². The molecule has 0 aromatic heterocycles. The molecule has 32 heavy (non-hydrogen) atoms. The summed E-state index contributed by atoms with van der Waals surface area (Å²) < 4.78 is 0. The minimum Gasteiger partial charge on any atom is -0.481 e. The Hall–Kier alpha value is -0.900. The number of carboxylic acids is 1. The van der Waals surface area contributed by atoms with Crippen molar-refractivity contribution in [2.24, 2.45) is 5.92 Å². The number of aliphatic hydroxyl groups is 1. The van der Waals surface area contributed by atoms with E-state index in [0.717, 1.165) is 38.5 Å². The number of carbonyl (C=O) groups excluding carboxylic acids is 1. The number of rotatable bonds is 25. The Balaban J connectivity index is 3.81. The number of unbranched alkanes of at least 4 members (excludes halogenated alkanes) is 18. The van der Waals surface area contributed by atoms with Crippen molar-refractivity contribution in [1.82, 2.24) is 0 Å². The van der Waals surface area contributed by atoms with Gasteiger partial charge in [0.15, 0.2) is 5.78 Å². The molecule has 0 fully saturated rings. The molecule has 2 atom stereocenters. The van der Waals surface area contributed by atoms with Crippen LogP contribution in [0.15, 0.2) is 0 Å². The van der Waals surface area contributed by atoms with Gasteiger partial charge in [-0.1, -0.05) is 142 Å². The summed E-state index contributed by atoms with van der Waals surface area (Å²) in [5.74, 6) is -2.60. The molecule has 0 radical (unpaired) electrons. The van der Waals surface area contributed by atoms with Crippen LogP contribution in [0.5, 0.6) is 0 Å². The Morgan fingerprint density at radius 3 is 1.19 bits per heavy atom. The normalized spacial score (nSPS) is 13.2. The number of carboxylic acid groups (broad SMARTS) is 1. The topological polar surface area (TPSA) is 74.6 Å². The van der Waals surface area contributed by atoms with Crippen LogP contribution in [0.4, 0.5) is 0 Å². The van der Waals surface area contributed by atoms with Gasteiger partial charge in [-0.3, -0.25) is 9.59 Å². The van der Waals surface area contributed by atoms with Gasteiger partial charge in [0, 0.05) is 0 Å². The maximum atomic E-state index is 12.4. The third kappa shape index (κ3) is 18.7. The highest BCUT2D eigenvalue weighted by molar-refractivity contribution is 6.00. The molecule has 190 valence electrons. The van der Waals surface area contributed by atoms with Crippen LogP contribution >= 0.6 is 0 Å². The number of hydrogen-bond donors (Lipinski definition) is 2. The zero-order valence-corrected chi connectivity index (χ0v) is 21.4. The van der Waals surface area contributed by atoms with E-state index in [2.05, 4.69) is 13.8 Å². The van der Waals surface area contributed by atoms with Gasteiger partial charge in [-0.15, -0.1) is 0 Å². The van der Waals surface area contributed by atoms with E-state index < -0.39 is 23.8 Å². The summed E-state index contributed by atoms with van der Waals surface area (Å²) in [6, 6.07) is 0. The summed E-state index contributed by atoms with van der Waals surface area (Å²) in [7, 11) is 0. The molecular formula is C28H54O4. The first-order valence-corrected chi connectivity index (χ1v) is 14.0. The van der Waals surface area contributed by atoms with E-state index >= 15 is 0 Å². The Kier molecular flexibility index (Phi) is 22.6. The molecule has 0 aliphatic rings. The average Bonchev–Trinajstić information content (AvgIpc) is 2.78. The molecular weight excluding hydrogens is 400 g/mol. The molecule has 2 unspecified atom stereocenters. The quantitative estimate of drug-likeness (QED) is 0.108. The first-order valence-electron chi connectivity index (χ1n) is 14.0. The van der Waals surface area contributed by atoms with Gasteiger partial charge in [0.2, 0.25) is 0 Å². The number of Topliss-reactive ketones (excluding diaryl/α,β-unsaturated/α-hetero) is 1. The van der Waals surface area contributed by atoms with Gasteiger partial charge in [0.05, 0.1) is 0 Å². The van der Waals surface area contributed by atoms with Gasteiger partial charge in [-0.25, -0.2) is 0 Å². The molecule has 0 saturated heterocycles. The van der Waals surface area contributed by atoms with E-state index in [4.69, 9.17) is 0 Å². The molecule has 4 nitrogen and oxygen atoms in total. The van der Waals surface area contributed by atoms with E-state index in [1.54, 1.807) is 0 Å². The second-order valence-corrected chi connectivity index (χ2v) is 9.75. The van der Waals surface area contributed by atoms with Gasteiger partial charge in [-0.2, -0.15) is 0 Å². The lowest BCUT2D eigenvalue weighted by molar-refractivity contribution is -0.149. The lowest BCUT2D eigenvalue weighted by atomic mass is 9.91. The zero-order chi connectivity index (χ0) is 23.9. The van der Waals surface area contributed by atoms with Gasteiger partial charge in [-0.05, 0) is 12.8 Å². The van der Waals surface area contributed by atoms with Gasteiger partial charge >= 0.3 is 5.97 Å². The van der Waals surface area contributed by atoms with E-state index in [-0.39, 0.29) is 0 Å². The van der Waals surface area contributed by atoms with Crippen molar-refractivity contribution in [3.8, 4) is 0 Å². The SMILES string of the molecule is CCCCCCCCCCCCC(O)C(=O)C(CCCCCCCCCCCC)C(=O)O. The van der Waals surface area contributed by atoms with E-state index in [1.807, 2.05) is 0 Å². The van der Waals surface area contributed by atoms with Crippen molar-refractivity contribution in [3.05, 3.63) is 0 Å². The second kappa shape index (κ2) is 23.3. The summed E-state index contributed by atoms with van der Waals surface area (Å²) in [6.45, 7) is 4.46. The van der Waals surface area contributed by atoms with Crippen molar-refractivity contribution in [2.45, 2.75) is 161 Å². The van der Waals surface area contributed by atoms with E-state index in [0.29, 0.717) is 12.8 Å². The third-order valence-electron chi connectivity index (χ3n) is 6.65. The van der Waals surface area contributed by atoms with Gasteiger partial charge in [0.1, 0.15) is 12.0 Å². The first kappa shape index (κ1) is 31.1. The third-order valence-corrected chi connectivity index (χ3v) is 6.65. The maximum absolute atomic E-state index is 12.4. The van der Waals surface area contributed by atoms with Crippen molar-refractivity contribution < 1.29 is 19.8 Å². The lowest BCUT2D eigenvalue weighted by Crippen LogP contribution is -2.33. The van der Waals surface area contributed by atoms with Crippen LogP contribution in [0.1, 0.15) is 155 Å². The Morgan fingerprint density at radius 2 is 0.844 bits per heavy atom. The monoisotopic (exact) mass is 454 g/mol. The van der Waals surface area contributed by atoms with Crippen LogP contribution in [0, 0.1) is 5.92 Å². The highest BCUT2D eigenvalue weighted by atomic mass is 16.4. The molecule has 0 saturated carbocycles. The minimum atomic E-state index is -1.12. The summed E-state index contributed by atoms with van der Waals surface area (Å²) >= 11 is 0. The van der Waals surface area contributed by atoms with Crippen LogP contribution in [-0.4, -0.2) is 28.1 Å². The Bertz CT molecular complexity index is 435. The predicted molar refractivity (Wildman–Crippen MR) is 135 cm³/mol. The predicted octanol–water partition coefficient (Wildman–Crippen LogP) is 8.24. The second-order valence-electron chi connectivity index (χ2n) is 9.75. The van der Waals surface area contributed by atoms with Crippen LogP contribution in [-0.2, 0) is 9.59 Å². The molecule has 2 N–H and O–H groups in total. The highest BCUT2D eigenvalue weighted by Gasteiger charge is 2.30. The molecule has 0 spiro atoms. The Labute approximate surface area is 199 Å². The van der Waals surface area contributed by atoms with Crippen LogP contribution in [0.25, 0.3) is 0 Å². The zero-order valence-electron chi connectivity index (χ0n) is 21.4. The molecule has 0 bridgehead atoms. The molecule has 0 aromatic rings. The number of aliphatic carboxylic acids is 1. The summed E-state index contributed by atoms with van der Waals surface area (Å²) in [6.07, 6.45) is 23.5. The summed E-state index contributed by atoms with van der Waals surface area (Å²) in [5.41, 5.74) is 0. The smallest absolute Gasteiger partial charge is 0.314 e. The fourth-order valence-corrected chi connectivity index (χ4v) is 4.42. The van der Waals surface area contributed by atoms with Crippen molar-refractivity contribution >= 4 is 11.8 Å². The van der Waals surface area contributed by atoms with Gasteiger partial charge in [0.25, 0.3) is 0 Å². The molecule has 0 heterocycles. The molecule has 0 amide bonds. The molecule has 0 aliphatic carbocycles. The van der Waals surface area contributed by atoms with Crippen LogP contribution in [0.3, 0.4) is 0 Å². The van der Waals surface area contributed by atoms with Crippen molar-refractivity contribution in [3.63, 3.8) is 0 Å². The number of ketones is 1. The first-order chi connectivity index (χ1) is 15.5. The molecule has 4 heteroatoms. The average molecular weight is 455 g/mol. The van der Waals surface area contributed by atoms with Crippen molar-refractivity contribution in [1.29, 1.82) is 0 Å². The standard InChI is InChI=1S/C28H54O4/c1-3-5-7-9-11-13-15-17-19-21-23-25(28(31)32)27(30)26(29)24-22-20-18-16-14-12-10-8-6-4-2/h25-26,29H,3-24H2,1-2H3,(H,31,32). The lowest BCUT2D eigenvalue weighted by Gasteiger charge is -2.16. The van der Waals surface area contributed by atoms with E-state index in [9.17, 15) is 19.8 Å². The number of carbonyl (C=O) groups is 2. The molecule has 0 aliphatic heterocycles. The summed E-state index contributed by atoms with van der Waals surface area (Å²) in [4.78, 5) is 24.0.